The second kappa shape index (κ2) is 48.5. The van der Waals surface area contributed by atoms with Crippen LogP contribution in [0.2, 0.25) is 0 Å². The van der Waals surface area contributed by atoms with Crippen molar-refractivity contribution in [3.8, 4) is 0 Å². The fraction of sp³-hybridized carbons (Fsp3) is 0.429. The molecule has 0 aliphatic rings. The second-order valence-electron chi connectivity index (χ2n) is 19.5. The molecule has 4 aromatic heterocycles. The van der Waals surface area contributed by atoms with Crippen molar-refractivity contribution in [3.05, 3.63) is 192 Å². The van der Waals surface area contributed by atoms with Crippen LogP contribution >= 0.6 is 0 Å². The highest BCUT2D eigenvalue weighted by molar-refractivity contribution is 6.08. The number of benzene rings is 8. The molecule has 0 atom stereocenters. The molecule has 504 valence electrons. The van der Waals surface area contributed by atoms with E-state index in [2.05, 4.69) is 196 Å². The molecule has 8 nitrogen and oxygen atoms in total. The van der Waals surface area contributed by atoms with E-state index in [1.807, 2.05) is 159 Å². The van der Waals surface area contributed by atoms with Crippen molar-refractivity contribution in [3.63, 3.8) is 0 Å². The monoisotopic (exact) mass is 1250 g/mol. The number of nitrogens with zero attached hydrogens (tertiary/aromatic N) is 4. The summed E-state index contributed by atoms with van der Waals surface area (Å²) >= 11 is 0. The van der Waals surface area contributed by atoms with Crippen LogP contribution in [-0.4, -0.2) is 72.0 Å². The molecule has 12 rings (SSSR count). The van der Waals surface area contributed by atoms with E-state index in [9.17, 15) is 0 Å². The van der Waals surface area contributed by atoms with Gasteiger partial charge in [0.2, 0.25) is 0 Å². The Bertz CT molecular complexity index is 3750. The van der Waals surface area contributed by atoms with Crippen LogP contribution in [0.25, 0.3) is 87.8 Å². The van der Waals surface area contributed by atoms with Crippen LogP contribution in [0.5, 0.6) is 0 Å². The molecule has 92 heavy (non-hydrogen) atoms. The maximum Gasteiger partial charge on any atom is 0.139 e. The Morgan fingerprint density at radius 1 is 0.228 bits per heavy atom. The van der Waals surface area contributed by atoms with Crippen molar-refractivity contribution in [2.24, 2.45) is 0 Å². The van der Waals surface area contributed by atoms with Gasteiger partial charge < -0.3 is 17.7 Å². The van der Waals surface area contributed by atoms with Crippen LogP contribution in [0.3, 0.4) is 0 Å². The number of hydrogen-bond donors (Lipinski definition) is 0. The van der Waals surface area contributed by atoms with E-state index in [1.165, 1.54) is 65.3 Å². The van der Waals surface area contributed by atoms with Gasteiger partial charge in [-0.2, -0.15) is 0 Å². The molecule has 0 spiro atoms. The maximum atomic E-state index is 6.05. The van der Waals surface area contributed by atoms with E-state index in [-0.39, 0.29) is 0 Å². The van der Waals surface area contributed by atoms with E-state index < -0.39 is 0 Å². The molecule has 0 saturated carbocycles. The highest BCUT2D eigenvalue weighted by atomic mass is 16.3. The third kappa shape index (κ3) is 23.1. The zero-order valence-corrected chi connectivity index (χ0v) is 62.1. The fourth-order valence-electron chi connectivity index (χ4n) is 10.4. The van der Waals surface area contributed by atoms with Gasteiger partial charge in [-0.05, 0) is 118 Å². The molecule has 4 heterocycles. The molecule has 8 aromatic carbocycles. The Kier molecular flexibility index (Phi) is 43.7. The first-order valence-electron chi connectivity index (χ1n) is 35.8. The summed E-state index contributed by atoms with van der Waals surface area (Å²) in [4.78, 5) is 9.66. The highest BCUT2D eigenvalue weighted by Gasteiger charge is 2.15. The summed E-state index contributed by atoms with van der Waals surface area (Å²) in [6, 6.07) is 58.9. The molecule has 0 radical (unpaired) electrons. The van der Waals surface area contributed by atoms with Crippen LogP contribution in [0.4, 0.5) is 0 Å². The first-order valence-corrected chi connectivity index (χ1v) is 35.8. The van der Waals surface area contributed by atoms with Crippen molar-refractivity contribution in [1.82, 2.24) is 19.6 Å². The van der Waals surface area contributed by atoms with Crippen LogP contribution in [0.1, 0.15) is 188 Å². The normalized spacial score (nSPS) is 10.2. The van der Waals surface area contributed by atoms with Gasteiger partial charge in [0.05, 0.1) is 0 Å². The summed E-state index contributed by atoms with van der Waals surface area (Å²) in [7, 11) is 0. The van der Waals surface area contributed by atoms with E-state index in [4.69, 9.17) is 17.7 Å². The van der Waals surface area contributed by atoms with Gasteiger partial charge in [0.15, 0.2) is 0 Å². The van der Waals surface area contributed by atoms with Crippen LogP contribution in [0, 0.1) is 0 Å². The number of para-hydroxylation sites is 5. The van der Waals surface area contributed by atoms with E-state index in [0.717, 1.165) is 123 Å². The quantitative estimate of drug-likeness (QED) is 0.0948. The Hall–Kier alpha value is -7.20. The van der Waals surface area contributed by atoms with Gasteiger partial charge in [0, 0.05) is 74.8 Å². The minimum atomic E-state index is 0.949. The lowest BCUT2D eigenvalue weighted by Crippen LogP contribution is -2.22. The van der Waals surface area contributed by atoms with E-state index in [0.29, 0.717) is 0 Å². The molecule has 0 saturated heterocycles. The molecule has 0 amide bonds. The van der Waals surface area contributed by atoms with E-state index in [1.54, 1.807) is 0 Å². The number of furan rings is 4. The minimum Gasteiger partial charge on any atom is -0.456 e. The third-order valence-corrected chi connectivity index (χ3v) is 15.0. The molecule has 12 aromatic rings. The second-order valence-corrected chi connectivity index (χ2v) is 19.5. The molecule has 0 fully saturated rings. The Labute approximate surface area is 558 Å². The summed E-state index contributed by atoms with van der Waals surface area (Å²) in [6.45, 7) is 62.1. The van der Waals surface area contributed by atoms with Crippen molar-refractivity contribution in [1.29, 1.82) is 0 Å². The van der Waals surface area contributed by atoms with Gasteiger partial charge in [0.1, 0.15) is 44.7 Å². The SMILES string of the molecule is CC.CC.CC.CC.CC.CC.CC.CC.CCN(CC)Cc1ccc2c(c1)oc1ccccc12.CCN(CC)Cc1ccc2oc3ccccc3c2c1.CCN(CC)Cc1cccc2c1oc1ccccc12.CCN(CC)Cc1cccc2oc3ccccc3c12. The van der Waals surface area contributed by atoms with E-state index >= 15 is 0 Å². The Morgan fingerprint density at radius 2 is 0.533 bits per heavy atom. The molecule has 0 aliphatic carbocycles. The topological polar surface area (TPSA) is 65.5 Å². The van der Waals surface area contributed by atoms with Crippen molar-refractivity contribution >= 4 is 87.8 Å². The molecule has 0 N–H and O–H groups in total. The lowest BCUT2D eigenvalue weighted by atomic mass is 10.1. The number of hydrogen-bond acceptors (Lipinski definition) is 8. The maximum absolute atomic E-state index is 6.05. The fourth-order valence-corrected chi connectivity index (χ4v) is 10.4. The number of fused-ring (bicyclic) bond motifs is 12. The van der Waals surface area contributed by atoms with Gasteiger partial charge in [0.25, 0.3) is 0 Å². The van der Waals surface area contributed by atoms with Crippen LogP contribution in [-0.2, 0) is 26.2 Å². The van der Waals surface area contributed by atoms with Gasteiger partial charge >= 0.3 is 0 Å². The average Bonchev–Trinajstić information content (AvgIpc) is 1.69. The zero-order valence-electron chi connectivity index (χ0n) is 62.1. The Balaban J connectivity index is 0.000000570. The lowest BCUT2D eigenvalue weighted by molar-refractivity contribution is 0.296. The summed E-state index contributed by atoms with van der Waals surface area (Å²) in [5.74, 6) is 0. The Morgan fingerprint density at radius 3 is 1.02 bits per heavy atom. The van der Waals surface area contributed by atoms with Crippen molar-refractivity contribution < 1.29 is 17.7 Å². The molecule has 0 bridgehead atoms. The van der Waals surface area contributed by atoms with Crippen LogP contribution in [0.15, 0.2) is 188 Å². The summed E-state index contributed by atoms with van der Waals surface area (Å²) in [6.07, 6.45) is 0. The summed E-state index contributed by atoms with van der Waals surface area (Å²) in [5.41, 5.74) is 13.2. The highest BCUT2D eigenvalue weighted by Crippen LogP contribution is 2.34. The van der Waals surface area contributed by atoms with Crippen LogP contribution < -0.4 is 0 Å². The van der Waals surface area contributed by atoms with Crippen molar-refractivity contribution in [2.75, 3.05) is 52.4 Å². The molecule has 0 aliphatic heterocycles. The molecular weight excluding hydrogens is 1130 g/mol. The van der Waals surface area contributed by atoms with Gasteiger partial charge in [-0.15, -0.1) is 0 Å². The first-order chi connectivity index (χ1) is 45.3. The largest absolute Gasteiger partial charge is 0.456 e. The average molecular weight is 1250 g/mol. The predicted molar refractivity (Wildman–Crippen MR) is 412 cm³/mol. The number of rotatable bonds is 16. The summed E-state index contributed by atoms with van der Waals surface area (Å²) in [5, 5.41) is 9.76. The van der Waals surface area contributed by atoms with Gasteiger partial charge in [-0.1, -0.05) is 287 Å². The molecule has 8 heteroatoms. The summed E-state index contributed by atoms with van der Waals surface area (Å²) < 4.78 is 23.7. The van der Waals surface area contributed by atoms with Gasteiger partial charge in [-0.25, -0.2) is 0 Å². The van der Waals surface area contributed by atoms with Crippen molar-refractivity contribution in [2.45, 2.75) is 192 Å². The van der Waals surface area contributed by atoms with Gasteiger partial charge in [-0.3, -0.25) is 19.6 Å². The minimum absolute atomic E-state index is 0.949. The lowest BCUT2D eigenvalue weighted by Gasteiger charge is -2.18. The smallest absolute Gasteiger partial charge is 0.139 e. The standard InChI is InChI=1S/4C17H19NO.8C2H6/c1-3-18(4-2)12-13-8-7-10-15-14-9-5-6-11-16(14)19-17(13)15;1-3-18(4-2)12-13-8-7-11-16-17(13)14-9-5-6-10-15(14)19-16;1-3-18(4-2)12-13-9-10-17-15(11-13)14-7-5-6-8-16(14)19-17;1-3-18(4-2)12-13-9-10-15-14-7-5-6-8-16(14)19-17(15)11-13;8*1-2/h4*5-11H,3-4,12H2,1-2H3;8*1-2H3. The third-order valence-electron chi connectivity index (χ3n) is 15.0. The molecular formula is C84H124N4O4. The first kappa shape index (κ1) is 82.8. The molecule has 0 unspecified atom stereocenters. The predicted octanol–water partition coefficient (Wildman–Crippen LogP) is 25.9. The zero-order chi connectivity index (χ0) is 69.0.